The fourth-order valence-corrected chi connectivity index (χ4v) is 1.06. The minimum Gasteiger partial charge on any atom is -0.396 e. The van der Waals surface area contributed by atoms with Crippen LogP contribution in [0.1, 0.15) is 6.42 Å². The maximum atomic E-state index is 8.23. The molecule has 0 aromatic carbocycles. The van der Waals surface area contributed by atoms with E-state index in [1.807, 2.05) is 0 Å². The van der Waals surface area contributed by atoms with E-state index in [0.29, 0.717) is 13.0 Å². The third-order valence-corrected chi connectivity index (χ3v) is 2.14. The van der Waals surface area contributed by atoms with Crippen LogP contribution in [0.4, 0.5) is 0 Å². The molecule has 0 aromatic heterocycles. The van der Waals surface area contributed by atoms with E-state index < -0.39 is 0 Å². The van der Waals surface area contributed by atoms with Gasteiger partial charge in [0.2, 0.25) is 0 Å². The van der Waals surface area contributed by atoms with Crippen molar-refractivity contribution in [1.29, 1.82) is 0 Å². The van der Waals surface area contributed by atoms with Crippen LogP contribution in [0.2, 0.25) is 0 Å². The molecular formula is C9H24N4O. The number of rotatable bonds is 3. The smallest absolute Gasteiger partial charge is 0.0446 e. The Bertz CT molecular complexity index is 115. The first kappa shape index (κ1) is 13.8. The van der Waals surface area contributed by atoms with Gasteiger partial charge in [-0.15, -0.1) is 0 Å². The number of nitrogens with zero attached hydrogens (tertiary/aromatic N) is 1. The molecule has 1 heterocycles. The number of nitrogens with two attached hydrogens (primary N) is 2. The van der Waals surface area contributed by atoms with Gasteiger partial charge in [0.15, 0.2) is 0 Å². The molecule has 5 heteroatoms. The van der Waals surface area contributed by atoms with Crippen LogP contribution >= 0.6 is 0 Å². The molecule has 5 nitrogen and oxygen atoms in total. The van der Waals surface area contributed by atoms with Gasteiger partial charge in [0.1, 0.15) is 0 Å². The van der Waals surface area contributed by atoms with Gasteiger partial charge >= 0.3 is 0 Å². The summed E-state index contributed by atoms with van der Waals surface area (Å²) in [6, 6.07) is -0.0231. The largest absolute Gasteiger partial charge is 0.396 e. The van der Waals surface area contributed by atoms with E-state index in [1.165, 1.54) is 13.1 Å². The Morgan fingerprint density at radius 1 is 1.43 bits per heavy atom. The lowest BCUT2D eigenvalue weighted by molar-refractivity contribution is 0.277. The van der Waals surface area contributed by atoms with Crippen LogP contribution in [0.25, 0.3) is 0 Å². The summed E-state index contributed by atoms with van der Waals surface area (Å²) in [7, 11) is 2.15. The average Bonchev–Trinajstić information content (AvgIpc) is 2.20. The van der Waals surface area contributed by atoms with Crippen molar-refractivity contribution in [3.05, 3.63) is 0 Å². The average molecular weight is 204 g/mol. The number of likely N-dealkylation sites (N-methyl/N-ethyl adjacent to an activating group) is 1. The second-order valence-electron chi connectivity index (χ2n) is 3.56. The van der Waals surface area contributed by atoms with E-state index in [2.05, 4.69) is 17.3 Å². The van der Waals surface area contributed by atoms with Crippen molar-refractivity contribution in [2.75, 3.05) is 46.4 Å². The molecule has 0 radical (unpaired) electrons. The summed E-state index contributed by atoms with van der Waals surface area (Å²) in [5, 5.41) is 11.5. The van der Waals surface area contributed by atoms with Gasteiger partial charge in [-0.3, -0.25) is 0 Å². The number of hydrogen-bond acceptors (Lipinski definition) is 5. The van der Waals surface area contributed by atoms with Gasteiger partial charge in [0.05, 0.1) is 0 Å². The van der Waals surface area contributed by atoms with E-state index in [4.69, 9.17) is 16.6 Å². The van der Waals surface area contributed by atoms with E-state index >= 15 is 0 Å². The minimum absolute atomic E-state index is 0.0231. The second-order valence-corrected chi connectivity index (χ2v) is 3.56. The molecule has 0 aromatic rings. The molecular weight excluding hydrogens is 180 g/mol. The summed E-state index contributed by atoms with van der Waals surface area (Å²) in [5.74, 6) is 0. The highest BCUT2D eigenvalue weighted by atomic mass is 16.3. The third kappa shape index (κ3) is 8.40. The van der Waals surface area contributed by atoms with Crippen molar-refractivity contribution in [1.82, 2.24) is 10.2 Å². The van der Waals surface area contributed by atoms with Crippen LogP contribution in [0, 0.1) is 0 Å². The van der Waals surface area contributed by atoms with E-state index in [0.717, 1.165) is 13.1 Å². The van der Waals surface area contributed by atoms with Gasteiger partial charge in [0.25, 0.3) is 0 Å². The van der Waals surface area contributed by atoms with Crippen molar-refractivity contribution < 1.29 is 5.11 Å². The molecule has 86 valence electrons. The molecule has 1 unspecified atom stereocenters. The number of aliphatic hydroxyl groups excluding tert-OH is 1. The molecule has 0 aliphatic carbocycles. The number of nitrogens with one attached hydrogen (secondary N) is 1. The highest BCUT2D eigenvalue weighted by Gasteiger charge is 2.01. The van der Waals surface area contributed by atoms with E-state index in [9.17, 15) is 0 Å². The summed E-state index contributed by atoms with van der Waals surface area (Å²) in [5.41, 5.74) is 10.4. The molecule has 0 spiro atoms. The molecule has 1 saturated heterocycles. The van der Waals surface area contributed by atoms with Crippen LogP contribution in [0.3, 0.4) is 0 Å². The predicted octanol–water partition coefficient (Wildman–Crippen LogP) is -1.82. The lowest BCUT2D eigenvalue weighted by atomic mass is 10.2. The number of hydrogen-bond donors (Lipinski definition) is 4. The first-order chi connectivity index (χ1) is 6.70. The normalized spacial score (nSPS) is 19.7. The van der Waals surface area contributed by atoms with E-state index in [1.54, 1.807) is 0 Å². The molecule has 0 amide bonds. The van der Waals surface area contributed by atoms with Gasteiger partial charge in [-0.05, 0) is 13.5 Å². The Hall–Kier alpha value is -0.200. The summed E-state index contributed by atoms with van der Waals surface area (Å²) in [6.07, 6.45) is 0.608. The van der Waals surface area contributed by atoms with Gasteiger partial charge < -0.3 is 26.8 Å². The zero-order valence-corrected chi connectivity index (χ0v) is 9.08. The van der Waals surface area contributed by atoms with Crippen LogP contribution in [-0.4, -0.2) is 62.4 Å². The maximum Gasteiger partial charge on any atom is 0.0446 e. The molecule has 6 N–H and O–H groups in total. The van der Waals surface area contributed by atoms with Crippen molar-refractivity contribution in [2.45, 2.75) is 12.5 Å². The third-order valence-electron chi connectivity index (χ3n) is 2.14. The molecule has 1 fully saturated rings. The topological polar surface area (TPSA) is 87.5 Å². The van der Waals surface area contributed by atoms with Crippen LogP contribution < -0.4 is 16.8 Å². The molecule has 0 bridgehead atoms. The number of piperazine rings is 1. The monoisotopic (exact) mass is 204 g/mol. The quantitative estimate of drug-likeness (QED) is 0.435. The van der Waals surface area contributed by atoms with Gasteiger partial charge in [-0.2, -0.15) is 0 Å². The Labute approximate surface area is 86.4 Å². The Kier molecular flexibility index (Phi) is 9.23. The van der Waals surface area contributed by atoms with Crippen molar-refractivity contribution >= 4 is 0 Å². The maximum absolute atomic E-state index is 8.23. The lowest BCUT2D eigenvalue weighted by Gasteiger charge is -2.21. The number of aliphatic hydroxyl groups is 1. The summed E-state index contributed by atoms with van der Waals surface area (Å²) >= 11 is 0. The minimum atomic E-state index is -0.0231. The highest BCUT2D eigenvalue weighted by Crippen LogP contribution is 1.83. The molecule has 0 saturated carbocycles. The highest BCUT2D eigenvalue weighted by molar-refractivity contribution is 4.62. The second kappa shape index (κ2) is 9.36. The lowest BCUT2D eigenvalue weighted by Crippen LogP contribution is -2.40. The summed E-state index contributed by atoms with van der Waals surface area (Å²) in [6.45, 7) is 5.34. The van der Waals surface area contributed by atoms with Crippen LogP contribution in [0.5, 0.6) is 0 Å². The zero-order valence-electron chi connectivity index (χ0n) is 9.08. The Morgan fingerprint density at radius 2 is 2.00 bits per heavy atom. The molecule has 1 rings (SSSR count). The zero-order chi connectivity index (χ0) is 10.8. The van der Waals surface area contributed by atoms with Gasteiger partial charge in [-0.25, -0.2) is 0 Å². The van der Waals surface area contributed by atoms with Crippen molar-refractivity contribution in [3.8, 4) is 0 Å². The first-order valence-corrected chi connectivity index (χ1v) is 5.16. The Balaban J connectivity index is 0.000000241. The van der Waals surface area contributed by atoms with Crippen LogP contribution in [0.15, 0.2) is 0 Å². The molecule has 1 aliphatic rings. The van der Waals surface area contributed by atoms with Crippen molar-refractivity contribution in [2.24, 2.45) is 11.5 Å². The molecule has 1 atom stereocenters. The molecule has 1 aliphatic heterocycles. The van der Waals surface area contributed by atoms with Crippen LogP contribution in [-0.2, 0) is 0 Å². The fraction of sp³-hybridized carbons (Fsp3) is 1.00. The summed E-state index contributed by atoms with van der Waals surface area (Å²) < 4.78 is 0. The van der Waals surface area contributed by atoms with Crippen molar-refractivity contribution in [3.63, 3.8) is 0 Å². The molecule has 14 heavy (non-hydrogen) atoms. The van der Waals surface area contributed by atoms with Gasteiger partial charge in [-0.1, -0.05) is 0 Å². The fourth-order valence-electron chi connectivity index (χ4n) is 1.06. The predicted molar refractivity (Wildman–Crippen MR) is 59.1 cm³/mol. The van der Waals surface area contributed by atoms with Gasteiger partial charge in [0, 0.05) is 45.4 Å². The summed E-state index contributed by atoms with van der Waals surface area (Å²) in [4.78, 5) is 2.33. The first-order valence-electron chi connectivity index (χ1n) is 5.16. The van der Waals surface area contributed by atoms with E-state index in [-0.39, 0.29) is 12.6 Å². The Morgan fingerprint density at radius 3 is 2.21 bits per heavy atom. The SMILES string of the molecule is CN1CCNCC1.NCC(N)CCO. The standard InChI is InChI=1S/C5H12N2.C4H12N2O/c1-7-4-2-6-3-5-7;5-3-4(6)1-2-7/h6H,2-5H2,1H3;4,7H,1-3,5-6H2.